The second-order valence-corrected chi connectivity index (χ2v) is 6.35. The summed E-state index contributed by atoms with van der Waals surface area (Å²) in [6.07, 6.45) is 3.54. The van der Waals surface area contributed by atoms with Gasteiger partial charge in [0.15, 0.2) is 5.78 Å². The summed E-state index contributed by atoms with van der Waals surface area (Å²) in [4.78, 5) is 16.3. The number of halogens is 1. The number of carbonyl (C=O) groups excluding carboxylic acids is 1. The van der Waals surface area contributed by atoms with Gasteiger partial charge in [0.2, 0.25) is 0 Å². The number of nitrogens with zero attached hydrogens (tertiary/aromatic N) is 1. The number of allylic oxidation sites excluding steroid dienone is 1. The molecule has 108 valence electrons. The number of aliphatic hydroxyl groups is 1. The van der Waals surface area contributed by atoms with E-state index in [0.29, 0.717) is 6.42 Å². The zero-order chi connectivity index (χ0) is 15.2. The number of rotatable bonds is 6. The average molecular weight is 338 g/mol. The predicted octanol–water partition coefficient (Wildman–Crippen LogP) is 4.99. The van der Waals surface area contributed by atoms with Gasteiger partial charge < -0.3 is 5.11 Å². The van der Waals surface area contributed by atoms with Gasteiger partial charge in [-0.2, -0.15) is 0 Å². The molecule has 0 saturated carbocycles. The topological polar surface area (TPSA) is 49.7 Å². The Morgan fingerprint density at radius 1 is 1.35 bits per heavy atom. The number of hydrogen-bond donors (Lipinski definition) is 1. The third-order valence-corrected chi connectivity index (χ3v) is 3.77. The van der Waals surface area contributed by atoms with Gasteiger partial charge in [0.1, 0.15) is 0 Å². The van der Waals surface area contributed by atoms with Crippen LogP contribution in [-0.4, -0.2) is 17.1 Å². The number of ketones is 1. The van der Waals surface area contributed by atoms with E-state index in [9.17, 15) is 9.90 Å². The molecule has 0 fully saturated rings. The van der Waals surface area contributed by atoms with Gasteiger partial charge in [-0.1, -0.05) is 43.1 Å². The molecule has 1 rings (SSSR count). The van der Waals surface area contributed by atoms with Crippen molar-refractivity contribution in [1.82, 2.24) is 0 Å². The smallest absolute Gasteiger partial charge is 0.168 e. The Hall–Kier alpha value is -1.42. The molecule has 0 heterocycles. The van der Waals surface area contributed by atoms with E-state index in [1.165, 1.54) is 6.21 Å². The molecule has 4 heteroatoms. The van der Waals surface area contributed by atoms with Crippen LogP contribution >= 0.6 is 15.9 Å². The van der Waals surface area contributed by atoms with Gasteiger partial charge in [-0.25, -0.2) is 0 Å². The Balaban J connectivity index is 2.77. The summed E-state index contributed by atoms with van der Waals surface area (Å²) in [6, 6.07) is 7.40. The maximum Gasteiger partial charge on any atom is 0.168 e. The summed E-state index contributed by atoms with van der Waals surface area (Å²) in [7, 11) is 0. The van der Waals surface area contributed by atoms with Crippen molar-refractivity contribution in [3.63, 3.8) is 0 Å². The van der Waals surface area contributed by atoms with E-state index < -0.39 is 0 Å². The van der Waals surface area contributed by atoms with E-state index in [1.54, 1.807) is 0 Å². The van der Waals surface area contributed by atoms with E-state index in [1.807, 2.05) is 45.0 Å². The zero-order valence-electron chi connectivity index (χ0n) is 12.1. The van der Waals surface area contributed by atoms with Gasteiger partial charge >= 0.3 is 0 Å². The van der Waals surface area contributed by atoms with E-state index >= 15 is 0 Å². The van der Waals surface area contributed by atoms with Gasteiger partial charge in [0.05, 0.1) is 17.5 Å². The fourth-order valence-electron chi connectivity index (χ4n) is 1.51. The quantitative estimate of drug-likeness (QED) is 0.451. The Kier molecular flexibility index (Phi) is 6.14. The van der Waals surface area contributed by atoms with Crippen LogP contribution in [0.2, 0.25) is 0 Å². The van der Waals surface area contributed by atoms with Crippen LogP contribution in [0.1, 0.15) is 33.6 Å². The lowest BCUT2D eigenvalue weighted by molar-refractivity contribution is -0.117. The third-order valence-electron chi connectivity index (χ3n) is 3.24. The molecule has 0 amide bonds. The van der Waals surface area contributed by atoms with Crippen LogP contribution < -0.4 is 0 Å². The molecule has 20 heavy (non-hydrogen) atoms. The Morgan fingerprint density at radius 2 is 1.95 bits per heavy atom. The van der Waals surface area contributed by atoms with Crippen molar-refractivity contribution < 1.29 is 9.90 Å². The third kappa shape index (κ3) is 5.29. The highest BCUT2D eigenvalue weighted by atomic mass is 79.9. The van der Waals surface area contributed by atoms with Gasteiger partial charge in [-0.05, 0) is 29.7 Å². The molecule has 0 radical (unpaired) electrons. The fraction of sp³-hybridized carbons (Fsp3) is 0.375. The molecule has 0 unspecified atom stereocenters. The summed E-state index contributed by atoms with van der Waals surface area (Å²) in [6.45, 7) is 6.11. The van der Waals surface area contributed by atoms with Crippen LogP contribution in [-0.2, 0) is 4.79 Å². The lowest BCUT2D eigenvalue weighted by atomic mass is 9.83. The largest absolute Gasteiger partial charge is 0.515 e. The molecule has 0 aliphatic rings. The first-order chi connectivity index (χ1) is 9.38. The molecule has 0 atom stereocenters. The molecule has 0 saturated heterocycles. The van der Waals surface area contributed by atoms with E-state index in [0.717, 1.165) is 22.8 Å². The highest BCUT2D eigenvalue weighted by Gasteiger charge is 2.21. The van der Waals surface area contributed by atoms with Gasteiger partial charge in [0, 0.05) is 17.1 Å². The molecule has 1 aromatic carbocycles. The first kappa shape index (κ1) is 16.6. The first-order valence-corrected chi connectivity index (χ1v) is 7.34. The molecule has 1 N–H and O–H groups in total. The molecule has 0 spiro atoms. The number of benzene rings is 1. The van der Waals surface area contributed by atoms with Crippen molar-refractivity contribution in [2.45, 2.75) is 33.6 Å². The van der Waals surface area contributed by atoms with Crippen LogP contribution in [0.4, 0.5) is 5.69 Å². The molecular weight excluding hydrogens is 318 g/mol. The average Bonchev–Trinajstić information content (AvgIpc) is 2.41. The standard InChI is InChI=1S/C16H20BrNO2/c1-4-16(2,3)9-15(20)12(11-19)10-18-14-7-5-13(17)6-8-14/h5-8,10-11,19H,4,9H2,1-3H3. The van der Waals surface area contributed by atoms with Crippen molar-refractivity contribution in [2.24, 2.45) is 10.4 Å². The minimum absolute atomic E-state index is 0.0726. The predicted molar refractivity (Wildman–Crippen MR) is 86.7 cm³/mol. The lowest BCUT2D eigenvalue weighted by Gasteiger charge is -2.21. The minimum atomic E-state index is -0.0970. The number of hydrogen-bond acceptors (Lipinski definition) is 3. The second kappa shape index (κ2) is 7.39. The number of aliphatic hydroxyl groups excluding tert-OH is 1. The molecule has 0 bridgehead atoms. The minimum Gasteiger partial charge on any atom is -0.515 e. The summed E-state index contributed by atoms with van der Waals surface area (Å²) in [5.41, 5.74) is 0.890. The molecule has 3 nitrogen and oxygen atoms in total. The molecular formula is C16H20BrNO2. The van der Waals surface area contributed by atoms with Gasteiger partial charge in [0.25, 0.3) is 0 Å². The summed E-state index contributed by atoms with van der Waals surface area (Å²) in [5.74, 6) is -0.0970. The first-order valence-electron chi connectivity index (χ1n) is 6.55. The van der Waals surface area contributed by atoms with Crippen LogP contribution in [0.25, 0.3) is 0 Å². The number of Topliss-reactive ketones (excluding diaryl/α,β-unsaturated/α-hetero) is 1. The van der Waals surface area contributed by atoms with Gasteiger partial charge in [-0.15, -0.1) is 0 Å². The van der Waals surface area contributed by atoms with Crippen molar-refractivity contribution in [3.05, 3.63) is 40.6 Å². The SMILES string of the molecule is CCC(C)(C)CC(=O)C(C=Nc1ccc(Br)cc1)=CO. The van der Waals surface area contributed by atoms with E-state index in [2.05, 4.69) is 20.9 Å². The summed E-state index contributed by atoms with van der Waals surface area (Å²) < 4.78 is 0.968. The maximum atomic E-state index is 12.1. The number of carbonyl (C=O) groups is 1. The Labute approximate surface area is 128 Å². The van der Waals surface area contributed by atoms with Crippen LogP contribution in [0.15, 0.2) is 45.6 Å². The second-order valence-electron chi connectivity index (χ2n) is 5.44. The van der Waals surface area contributed by atoms with Crippen molar-refractivity contribution in [3.8, 4) is 0 Å². The van der Waals surface area contributed by atoms with Gasteiger partial charge in [-0.3, -0.25) is 9.79 Å². The Morgan fingerprint density at radius 3 is 2.45 bits per heavy atom. The zero-order valence-corrected chi connectivity index (χ0v) is 13.6. The highest BCUT2D eigenvalue weighted by molar-refractivity contribution is 9.10. The fourth-order valence-corrected chi connectivity index (χ4v) is 1.77. The van der Waals surface area contributed by atoms with E-state index in [-0.39, 0.29) is 16.8 Å². The molecule has 0 aromatic heterocycles. The highest BCUT2D eigenvalue weighted by Crippen LogP contribution is 2.26. The maximum absolute atomic E-state index is 12.1. The van der Waals surface area contributed by atoms with Crippen molar-refractivity contribution in [2.75, 3.05) is 0 Å². The normalized spacial score (nSPS) is 12.9. The van der Waals surface area contributed by atoms with Crippen molar-refractivity contribution >= 4 is 33.6 Å². The van der Waals surface area contributed by atoms with Crippen LogP contribution in [0.3, 0.4) is 0 Å². The molecule has 0 aliphatic carbocycles. The van der Waals surface area contributed by atoms with E-state index in [4.69, 9.17) is 0 Å². The van der Waals surface area contributed by atoms with Crippen LogP contribution in [0, 0.1) is 5.41 Å². The summed E-state index contributed by atoms with van der Waals surface area (Å²) >= 11 is 3.35. The molecule has 1 aromatic rings. The monoisotopic (exact) mass is 337 g/mol. The lowest BCUT2D eigenvalue weighted by Crippen LogP contribution is -2.17. The van der Waals surface area contributed by atoms with Crippen molar-refractivity contribution in [1.29, 1.82) is 0 Å². The van der Waals surface area contributed by atoms with Crippen LogP contribution in [0.5, 0.6) is 0 Å². The number of aliphatic imine (C=N–C) groups is 1. The summed E-state index contributed by atoms with van der Waals surface area (Å²) in [5, 5.41) is 9.21. The Bertz CT molecular complexity index is 516. The molecule has 0 aliphatic heterocycles.